The highest BCUT2D eigenvalue weighted by Crippen LogP contribution is 2.21. The van der Waals surface area contributed by atoms with E-state index in [0.29, 0.717) is 6.54 Å². The lowest BCUT2D eigenvalue weighted by atomic mass is 10.1. The van der Waals surface area contributed by atoms with Gasteiger partial charge in [0, 0.05) is 6.54 Å². The normalized spacial score (nSPS) is 10.5. The van der Waals surface area contributed by atoms with Crippen molar-refractivity contribution in [3.05, 3.63) is 65.2 Å². The zero-order chi connectivity index (χ0) is 13.7. The van der Waals surface area contributed by atoms with Gasteiger partial charge in [-0.1, -0.05) is 30.3 Å². The van der Waals surface area contributed by atoms with Crippen LogP contribution in [-0.2, 0) is 13.2 Å². The molecule has 0 aliphatic carbocycles. The van der Waals surface area contributed by atoms with E-state index in [4.69, 9.17) is 4.74 Å². The average molecular weight is 263 g/mol. The molecule has 0 atom stereocenters. The molecule has 2 nitrogen and oxygen atoms in total. The molecule has 0 unspecified atom stereocenters. The highest BCUT2D eigenvalue weighted by atomic mass is 19.2. The minimum absolute atomic E-state index is 0.0701. The van der Waals surface area contributed by atoms with E-state index in [9.17, 15) is 8.78 Å². The van der Waals surface area contributed by atoms with E-state index in [0.717, 1.165) is 17.2 Å². The van der Waals surface area contributed by atoms with E-state index < -0.39 is 11.6 Å². The second-order valence-corrected chi connectivity index (χ2v) is 4.14. The minimum atomic E-state index is -0.950. The second-order valence-electron chi connectivity index (χ2n) is 4.14. The molecule has 19 heavy (non-hydrogen) atoms. The fourth-order valence-corrected chi connectivity index (χ4v) is 1.81. The van der Waals surface area contributed by atoms with Crippen LogP contribution in [0.15, 0.2) is 42.5 Å². The summed E-state index contributed by atoms with van der Waals surface area (Å²) < 4.78 is 31.8. The Kier molecular flexibility index (Phi) is 4.47. The topological polar surface area (TPSA) is 21.3 Å². The Morgan fingerprint density at radius 2 is 1.74 bits per heavy atom. The molecule has 0 aromatic heterocycles. The molecule has 0 saturated heterocycles. The zero-order valence-corrected chi connectivity index (χ0v) is 10.6. The molecular formula is C15H15F2NO. The van der Waals surface area contributed by atoms with Crippen LogP contribution < -0.4 is 10.1 Å². The summed E-state index contributed by atoms with van der Waals surface area (Å²) in [6, 6.07) is 11.6. The number of hydrogen-bond acceptors (Lipinski definition) is 2. The van der Waals surface area contributed by atoms with Gasteiger partial charge < -0.3 is 10.1 Å². The molecule has 0 heterocycles. The van der Waals surface area contributed by atoms with Crippen LogP contribution in [0.2, 0.25) is 0 Å². The maximum Gasteiger partial charge on any atom is 0.200 e. The van der Waals surface area contributed by atoms with Crippen LogP contribution >= 0.6 is 0 Å². The monoisotopic (exact) mass is 263 g/mol. The molecule has 4 heteroatoms. The third-order valence-corrected chi connectivity index (χ3v) is 2.78. The number of nitrogens with one attached hydrogen (secondary N) is 1. The Morgan fingerprint density at radius 3 is 2.47 bits per heavy atom. The largest absolute Gasteiger partial charge is 0.486 e. The van der Waals surface area contributed by atoms with Crippen LogP contribution in [0.3, 0.4) is 0 Å². The lowest BCUT2D eigenvalue weighted by molar-refractivity contribution is 0.283. The van der Waals surface area contributed by atoms with Crippen molar-refractivity contribution in [1.82, 2.24) is 5.32 Å². The van der Waals surface area contributed by atoms with Gasteiger partial charge in [-0.25, -0.2) is 4.39 Å². The molecule has 0 saturated carbocycles. The van der Waals surface area contributed by atoms with Crippen molar-refractivity contribution in [1.29, 1.82) is 0 Å². The molecule has 0 amide bonds. The van der Waals surface area contributed by atoms with E-state index in [1.165, 1.54) is 12.1 Å². The van der Waals surface area contributed by atoms with Gasteiger partial charge in [0.15, 0.2) is 11.6 Å². The predicted octanol–water partition coefficient (Wildman–Crippen LogP) is 3.26. The first-order chi connectivity index (χ1) is 9.22. The number of rotatable bonds is 5. The van der Waals surface area contributed by atoms with Crippen molar-refractivity contribution in [3.63, 3.8) is 0 Å². The summed E-state index contributed by atoms with van der Waals surface area (Å²) in [5.74, 6) is -1.92. The van der Waals surface area contributed by atoms with E-state index in [1.54, 1.807) is 0 Å². The van der Waals surface area contributed by atoms with Crippen molar-refractivity contribution in [2.24, 2.45) is 0 Å². The first-order valence-corrected chi connectivity index (χ1v) is 6.00. The van der Waals surface area contributed by atoms with Crippen LogP contribution in [-0.4, -0.2) is 7.05 Å². The van der Waals surface area contributed by atoms with Crippen molar-refractivity contribution in [3.8, 4) is 5.75 Å². The average Bonchev–Trinajstić information content (AvgIpc) is 2.42. The summed E-state index contributed by atoms with van der Waals surface area (Å²) in [4.78, 5) is 0. The maximum absolute atomic E-state index is 13.4. The lowest BCUT2D eigenvalue weighted by Gasteiger charge is -2.11. The molecule has 100 valence electrons. The fourth-order valence-electron chi connectivity index (χ4n) is 1.81. The van der Waals surface area contributed by atoms with Crippen LogP contribution in [0.4, 0.5) is 8.78 Å². The molecule has 2 rings (SSSR count). The van der Waals surface area contributed by atoms with E-state index >= 15 is 0 Å². The van der Waals surface area contributed by atoms with Crippen LogP contribution in [0.25, 0.3) is 0 Å². The van der Waals surface area contributed by atoms with Gasteiger partial charge in [-0.2, -0.15) is 4.39 Å². The van der Waals surface area contributed by atoms with Crippen LogP contribution in [0.1, 0.15) is 11.1 Å². The Bertz CT molecular complexity index is 558. The van der Waals surface area contributed by atoms with Gasteiger partial charge in [-0.05, 0) is 30.3 Å². The van der Waals surface area contributed by atoms with Crippen LogP contribution in [0, 0.1) is 11.6 Å². The summed E-state index contributed by atoms with van der Waals surface area (Å²) in [6.45, 7) is 0.906. The van der Waals surface area contributed by atoms with Gasteiger partial charge in [0.1, 0.15) is 6.61 Å². The molecule has 2 aromatic carbocycles. The molecule has 0 bridgehead atoms. The van der Waals surface area contributed by atoms with Gasteiger partial charge in [0.25, 0.3) is 0 Å². The molecule has 0 fully saturated rings. The maximum atomic E-state index is 13.4. The predicted molar refractivity (Wildman–Crippen MR) is 69.9 cm³/mol. The van der Waals surface area contributed by atoms with Crippen molar-refractivity contribution in [2.75, 3.05) is 7.05 Å². The number of ether oxygens (including phenoxy) is 1. The number of benzene rings is 2. The summed E-state index contributed by atoms with van der Waals surface area (Å²) in [5, 5.41) is 3.05. The third kappa shape index (κ3) is 3.29. The van der Waals surface area contributed by atoms with Crippen molar-refractivity contribution >= 4 is 0 Å². The fraction of sp³-hybridized carbons (Fsp3) is 0.200. The van der Waals surface area contributed by atoms with Crippen molar-refractivity contribution < 1.29 is 13.5 Å². The Hall–Kier alpha value is -1.94. The van der Waals surface area contributed by atoms with Gasteiger partial charge in [0.05, 0.1) is 0 Å². The van der Waals surface area contributed by atoms with E-state index in [1.807, 2.05) is 31.3 Å². The first kappa shape index (κ1) is 13.5. The van der Waals surface area contributed by atoms with Crippen LogP contribution in [0.5, 0.6) is 5.75 Å². The van der Waals surface area contributed by atoms with Gasteiger partial charge in [-0.15, -0.1) is 0 Å². The van der Waals surface area contributed by atoms with Gasteiger partial charge >= 0.3 is 0 Å². The Labute approximate surface area is 111 Å². The molecule has 0 aliphatic heterocycles. The highest BCUT2D eigenvalue weighted by Gasteiger charge is 2.09. The number of hydrogen-bond donors (Lipinski definition) is 1. The van der Waals surface area contributed by atoms with Crippen molar-refractivity contribution in [2.45, 2.75) is 13.2 Å². The summed E-state index contributed by atoms with van der Waals surface area (Å²) in [6.07, 6.45) is 0. The number of halogens is 2. The van der Waals surface area contributed by atoms with E-state index in [-0.39, 0.29) is 12.4 Å². The van der Waals surface area contributed by atoms with Gasteiger partial charge in [-0.3, -0.25) is 0 Å². The molecule has 2 aromatic rings. The zero-order valence-electron chi connectivity index (χ0n) is 10.6. The molecule has 1 N–H and O–H groups in total. The van der Waals surface area contributed by atoms with Gasteiger partial charge in [0.2, 0.25) is 5.82 Å². The smallest absolute Gasteiger partial charge is 0.200 e. The quantitative estimate of drug-likeness (QED) is 0.894. The summed E-state index contributed by atoms with van der Waals surface area (Å²) in [7, 11) is 1.85. The minimum Gasteiger partial charge on any atom is -0.486 e. The highest BCUT2D eigenvalue weighted by molar-refractivity contribution is 5.29. The standard InChI is InChI=1S/C15H15F2NO/c1-18-9-11-5-2-3-6-12(11)10-19-14-8-4-7-13(16)15(14)17/h2-8,18H,9-10H2,1H3. The second kappa shape index (κ2) is 6.29. The molecular weight excluding hydrogens is 248 g/mol. The Morgan fingerprint density at radius 1 is 1.00 bits per heavy atom. The lowest BCUT2D eigenvalue weighted by Crippen LogP contribution is -2.09. The summed E-state index contributed by atoms with van der Waals surface area (Å²) >= 11 is 0. The Balaban J connectivity index is 2.12. The molecule has 0 aliphatic rings. The first-order valence-electron chi connectivity index (χ1n) is 6.00. The summed E-state index contributed by atoms with van der Waals surface area (Å²) in [5.41, 5.74) is 2.02. The third-order valence-electron chi connectivity index (χ3n) is 2.78. The molecule has 0 radical (unpaired) electrons. The molecule has 0 spiro atoms. The SMILES string of the molecule is CNCc1ccccc1COc1cccc(F)c1F. The van der Waals surface area contributed by atoms with E-state index in [2.05, 4.69) is 5.32 Å².